The van der Waals surface area contributed by atoms with E-state index in [2.05, 4.69) is 0 Å². The zero-order valence-electron chi connectivity index (χ0n) is 8.22. The summed E-state index contributed by atoms with van der Waals surface area (Å²) in [5.74, 6) is 0.951. The number of ether oxygens (including phenoxy) is 1. The average Bonchev–Trinajstić information content (AvgIpc) is 2.12. The number of aryl methyl sites for hydroxylation is 1. The maximum absolute atomic E-state index is 9.73. The molecule has 3 heteroatoms. The van der Waals surface area contributed by atoms with Crippen LogP contribution in [0.4, 0.5) is 0 Å². The van der Waals surface area contributed by atoms with E-state index in [0.29, 0.717) is 12.3 Å². The number of aromatic hydroxyl groups is 1. The summed E-state index contributed by atoms with van der Waals surface area (Å²) in [6, 6.07) is 1.89. The smallest absolute Gasteiger partial charge is 0.126 e. The van der Waals surface area contributed by atoms with E-state index in [-0.39, 0.29) is 5.75 Å². The SMILES string of the molecule is COc1cc(C)c(CN)c(O)c1C. The van der Waals surface area contributed by atoms with E-state index >= 15 is 0 Å². The molecule has 0 saturated heterocycles. The first-order valence-electron chi connectivity index (χ1n) is 4.18. The van der Waals surface area contributed by atoms with E-state index in [4.69, 9.17) is 10.5 Å². The van der Waals surface area contributed by atoms with Gasteiger partial charge in [-0.2, -0.15) is 0 Å². The van der Waals surface area contributed by atoms with Crippen molar-refractivity contribution in [3.05, 3.63) is 22.8 Å². The van der Waals surface area contributed by atoms with Crippen LogP contribution in [0, 0.1) is 13.8 Å². The fourth-order valence-electron chi connectivity index (χ4n) is 1.39. The summed E-state index contributed by atoms with van der Waals surface area (Å²) in [4.78, 5) is 0. The van der Waals surface area contributed by atoms with Crippen LogP contribution in [0.15, 0.2) is 6.07 Å². The van der Waals surface area contributed by atoms with Crippen LogP contribution in [-0.4, -0.2) is 12.2 Å². The Bertz CT molecular complexity index is 321. The third-order valence-corrected chi connectivity index (χ3v) is 2.26. The van der Waals surface area contributed by atoms with E-state index in [1.165, 1.54) is 0 Å². The summed E-state index contributed by atoms with van der Waals surface area (Å²) >= 11 is 0. The van der Waals surface area contributed by atoms with Gasteiger partial charge in [-0.3, -0.25) is 0 Å². The third kappa shape index (κ3) is 1.60. The fourth-order valence-corrected chi connectivity index (χ4v) is 1.39. The van der Waals surface area contributed by atoms with Gasteiger partial charge in [-0.05, 0) is 25.5 Å². The first-order valence-corrected chi connectivity index (χ1v) is 4.18. The predicted octanol–water partition coefficient (Wildman–Crippen LogP) is 1.48. The van der Waals surface area contributed by atoms with Crippen molar-refractivity contribution in [3.8, 4) is 11.5 Å². The summed E-state index contributed by atoms with van der Waals surface area (Å²) in [7, 11) is 1.59. The zero-order chi connectivity index (χ0) is 10.0. The minimum absolute atomic E-state index is 0.249. The molecule has 0 radical (unpaired) electrons. The number of hydrogen-bond donors (Lipinski definition) is 2. The Hall–Kier alpha value is -1.22. The van der Waals surface area contributed by atoms with Gasteiger partial charge in [-0.25, -0.2) is 0 Å². The lowest BCUT2D eigenvalue weighted by Gasteiger charge is -2.12. The maximum Gasteiger partial charge on any atom is 0.126 e. The normalized spacial score (nSPS) is 10.2. The fraction of sp³-hybridized carbons (Fsp3) is 0.400. The van der Waals surface area contributed by atoms with Crippen LogP contribution in [0.25, 0.3) is 0 Å². The minimum Gasteiger partial charge on any atom is -0.507 e. The van der Waals surface area contributed by atoms with Crippen molar-refractivity contribution in [1.82, 2.24) is 0 Å². The molecule has 3 nitrogen and oxygen atoms in total. The second-order valence-electron chi connectivity index (χ2n) is 3.05. The molecule has 0 saturated carbocycles. The van der Waals surface area contributed by atoms with E-state index in [0.717, 1.165) is 16.7 Å². The molecule has 0 heterocycles. The number of methoxy groups -OCH3 is 1. The molecular weight excluding hydrogens is 166 g/mol. The van der Waals surface area contributed by atoms with Crippen LogP contribution < -0.4 is 10.5 Å². The summed E-state index contributed by atoms with van der Waals surface area (Å²) < 4.78 is 5.11. The van der Waals surface area contributed by atoms with Gasteiger partial charge in [-0.1, -0.05) is 0 Å². The Labute approximate surface area is 78.1 Å². The highest BCUT2D eigenvalue weighted by atomic mass is 16.5. The number of nitrogens with two attached hydrogens (primary N) is 1. The van der Waals surface area contributed by atoms with Crippen LogP contribution in [-0.2, 0) is 6.54 Å². The summed E-state index contributed by atoms with van der Waals surface area (Å²) in [6.45, 7) is 4.07. The topological polar surface area (TPSA) is 55.5 Å². The largest absolute Gasteiger partial charge is 0.507 e. The van der Waals surface area contributed by atoms with Gasteiger partial charge >= 0.3 is 0 Å². The molecule has 72 valence electrons. The van der Waals surface area contributed by atoms with E-state index in [1.807, 2.05) is 19.9 Å². The minimum atomic E-state index is 0.249. The second-order valence-corrected chi connectivity index (χ2v) is 3.05. The molecule has 1 aromatic carbocycles. The number of benzene rings is 1. The van der Waals surface area contributed by atoms with Crippen molar-refractivity contribution in [2.75, 3.05) is 7.11 Å². The zero-order valence-corrected chi connectivity index (χ0v) is 8.22. The molecule has 0 spiro atoms. The Kier molecular flexibility index (Phi) is 2.78. The van der Waals surface area contributed by atoms with E-state index < -0.39 is 0 Å². The number of phenolic OH excluding ortho intramolecular Hbond substituents is 1. The average molecular weight is 181 g/mol. The second kappa shape index (κ2) is 3.66. The van der Waals surface area contributed by atoms with Gasteiger partial charge < -0.3 is 15.6 Å². The third-order valence-electron chi connectivity index (χ3n) is 2.26. The van der Waals surface area contributed by atoms with Gasteiger partial charge in [0, 0.05) is 17.7 Å². The van der Waals surface area contributed by atoms with Gasteiger partial charge in [-0.15, -0.1) is 0 Å². The number of hydrogen-bond acceptors (Lipinski definition) is 3. The monoisotopic (exact) mass is 181 g/mol. The van der Waals surface area contributed by atoms with Crippen molar-refractivity contribution < 1.29 is 9.84 Å². The standard InChI is InChI=1S/C10H15NO2/c1-6-4-9(13-3)7(2)10(12)8(6)5-11/h4,12H,5,11H2,1-3H3. The van der Waals surface area contributed by atoms with E-state index in [1.54, 1.807) is 7.11 Å². The summed E-state index contributed by atoms with van der Waals surface area (Å²) in [5, 5.41) is 9.73. The Balaban J connectivity index is 3.37. The molecule has 1 rings (SSSR count). The lowest BCUT2D eigenvalue weighted by Crippen LogP contribution is -2.02. The van der Waals surface area contributed by atoms with Crippen molar-refractivity contribution in [1.29, 1.82) is 0 Å². The van der Waals surface area contributed by atoms with Crippen molar-refractivity contribution in [2.45, 2.75) is 20.4 Å². The van der Waals surface area contributed by atoms with Crippen LogP contribution in [0.2, 0.25) is 0 Å². The first-order chi connectivity index (χ1) is 6.11. The molecule has 0 bridgehead atoms. The van der Waals surface area contributed by atoms with Crippen molar-refractivity contribution in [3.63, 3.8) is 0 Å². The van der Waals surface area contributed by atoms with Gasteiger partial charge in [0.15, 0.2) is 0 Å². The molecule has 0 aliphatic heterocycles. The number of phenols is 1. The van der Waals surface area contributed by atoms with Gasteiger partial charge in [0.1, 0.15) is 11.5 Å². The van der Waals surface area contributed by atoms with Gasteiger partial charge in [0.05, 0.1) is 7.11 Å². The molecular formula is C10H15NO2. The molecule has 13 heavy (non-hydrogen) atoms. The lowest BCUT2D eigenvalue weighted by atomic mass is 10.0. The van der Waals surface area contributed by atoms with Crippen LogP contribution in [0.3, 0.4) is 0 Å². The highest BCUT2D eigenvalue weighted by Crippen LogP contribution is 2.32. The van der Waals surface area contributed by atoms with Crippen LogP contribution >= 0.6 is 0 Å². The Morgan fingerprint density at radius 3 is 2.54 bits per heavy atom. The summed E-state index contributed by atoms with van der Waals surface area (Å²) in [6.07, 6.45) is 0. The van der Waals surface area contributed by atoms with E-state index in [9.17, 15) is 5.11 Å². The molecule has 0 aliphatic carbocycles. The van der Waals surface area contributed by atoms with Crippen LogP contribution in [0.5, 0.6) is 11.5 Å². The molecule has 0 atom stereocenters. The van der Waals surface area contributed by atoms with Gasteiger partial charge in [0.25, 0.3) is 0 Å². The van der Waals surface area contributed by atoms with Crippen LogP contribution in [0.1, 0.15) is 16.7 Å². The van der Waals surface area contributed by atoms with Crippen molar-refractivity contribution in [2.24, 2.45) is 5.73 Å². The predicted molar refractivity (Wildman–Crippen MR) is 52.0 cm³/mol. The molecule has 0 aliphatic rings. The Morgan fingerprint density at radius 1 is 1.46 bits per heavy atom. The molecule has 3 N–H and O–H groups in total. The number of rotatable bonds is 2. The quantitative estimate of drug-likeness (QED) is 0.726. The highest BCUT2D eigenvalue weighted by Gasteiger charge is 2.11. The van der Waals surface area contributed by atoms with Gasteiger partial charge in [0.2, 0.25) is 0 Å². The molecule has 0 aromatic heterocycles. The molecule has 1 aromatic rings. The summed E-state index contributed by atoms with van der Waals surface area (Å²) in [5.41, 5.74) is 8.01. The first kappa shape index (κ1) is 9.86. The molecule has 0 amide bonds. The maximum atomic E-state index is 9.73. The molecule has 0 unspecified atom stereocenters. The Morgan fingerprint density at radius 2 is 2.08 bits per heavy atom. The lowest BCUT2D eigenvalue weighted by molar-refractivity contribution is 0.400. The van der Waals surface area contributed by atoms with Crippen molar-refractivity contribution >= 4 is 0 Å². The molecule has 0 fully saturated rings. The highest BCUT2D eigenvalue weighted by molar-refractivity contribution is 5.52.